The summed E-state index contributed by atoms with van der Waals surface area (Å²) in [5.74, 6) is 0.488. The second-order valence-electron chi connectivity index (χ2n) is 8.20. The van der Waals surface area contributed by atoms with Gasteiger partial charge < -0.3 is 15.4 Å². The fourth-order valence-electron chi connectivity index (χ4n) is 3.65. The Hall–Kier alpha value is -4.03. The second-order valence-corrected chi connectivity index (χ2v) is 9.38. The van der Waals surface area contributed by atoms with E-state index in [1.807, 2.05) is 111 Å². The van der Waals surface area contributed by atoms with Crippen molar-refractivity contribution in [3.63, 3.8) is 0 Å². The Labute approximate surface area is 215 Å². The van der Waals surface area contributed by atoms with Gasteiger partial charge >= 0.3 is 0 Å². The normalized spacial score (nSPS) is 11.4. The minimum Gasteiger partial charge on any atom is -0.494 e. The summed E-state index contributed by atoms with van der Waals surface area (Å²) in [4.78, 5) is 26.8. The largest absolute Gasteiger partial charge is 0.494 e. The van der Waals surface area contributed by atoms with Gasteiger partial charge in [-0.1, -0.05) is 48.0 Å². The number of ether oxygens (including phenoxy) is 1. The molecule has 0 spiro atoms. The van der Waals surface area contributed by atoms with Crippen molar-refractivity contribution in [2.45, 2.75) is 24.0 Å². The van der Waals surface area contributed by atoms with Crippen LogP contribution in [0.3, 0.4) is 0 Å². The Morgan fingerprint density at radius 2 is 1.47 bits per heavy atom. The maximum Gasteiger partial charge on any atom is 0.255 e. The van der Waals surface area contributed by atoms with E-state index in [1.165, 1.54) is 11.8 Å². The third kappa shape index (κ3) is 6.77. The topological polar surface area (TPSA) is 67.4 Å². The van der Waals surface area contributed by atoms with Crippen molar-refractivity contribution in [3.8, 4) is 5.75 Å². The van der Waals surface area contributed by atoms with E-state index in [4.69, 9.17) is 4.74 Å². The first-order valence-corrected chi connectivity index (χ1v) is 12.6. The maximum absolute atomic E-state index is 13.3. The van der Waals surface area contributed by atoms with Crippen LogP contribution in [0.25, 0.3) is 0 Å². The van der Waals surface area contributed by atoms with Crippen molar-refractivity contribution in [1.82, 2.24) is 0 Å². The molecule has 4 aromatic carbocycles. The predicted octanol–water partition coefficient (Wildman–Crippen LogP) is 7.12. The van der Waals surface area contributed by atoms with Gasteiger partial charge in [0.05, 0.1) is 6.61 Å². The molecule has 2 N–H and O–H groups in total. The highest BCUT2D eigenvalue weighted by Gasteiger charge is 2.22. The molecule has 0 heterocycles. The lowest BCUT2D eigenvalue weighted by atomic mass is 10.1. The minimum absolute atomic E-state index is 0.118. The van der Waals surface area contributed by atoms with Gasteiger partial charge in [-0.15, -0.1) is 11.8 Å². The van der Waals surface area contributed by atoms with Crippen LogP contribution >= 0.6 is 11.8 Å². The van der Waals surface area contributed by atoms with Gasteiger partial charge in [0.25, 0.3) is 5.91 Å². The van der Waals surface area contributed by atoms with E-state index in [9.17, 15) is 9.59 Å². The van der Waals surface area contributed by atoms with Gasteiger partial charge in [-0.25, -0.2) is 0 Å². The van der Waals surface area contributed by atoms with Crippen LogP contribution < -0.4 is 15.4 Å². The zero-order chi connectivity index (χ0) is 25.3. The molecule has 182 valence electrons. The van der Waals surface area contributed by atoms with Crippen molar-refractivity contribution in [1.29, 1.82) is 0 Å². The van der Waals surface area contributed by atoms with Gasteiger partial charge in [0.1, 0.15) is 11.0 Å². The van der Waals surface area contributed by atoms with E-state index in [2.05, 4.69) is 10.6 Å². The number of thioether (sulfide) groups is 1. The molecule has 4 rings (SSSR count). The molecule has 4 aromatic rings. The summed E-state index contributed by atoms with van der Waals surface area (Å²) in [6.45, 7) is 4.48. The number of amides is 2. The Bertz CT molecular complexity index is 1310. The van der Waals surface area contributed by atoms with Gasteiger partial charge in [-0.3, -0.25) is 9.59 Å². The molecule has 1 unspecified atom stereocenters. The standard InChI is InChI=1S/C30H28N2O3S/c1-3-35-26-16-12-24(13-17-26)32-30(34)28(22-9-5-4-6-10-22)36-27-18-14-25(15-19-27)31-29(33)23-11-7-8-21(2)20-23/h4-20,28H,3H2,1-2H3,(H,31,33)(H,32,34). The number of benzene rings is 4. The van der Waals surface area contributed by atoms with Crippen LogP contribution in [0.5, 0.6) is 5.75 Å². The third-order valence-electron chi connectivity index (χ3n) is 5.42. The lowest BCUT2D eigenvalue weighted by molar-refractivity contribution is -0.115. The maximum atomic E-state index is 13.3. The molecule has 0 saturated heterocycles. The first-order valence-electron chi connectivity index (χ1n) is 11.8. The van der Waals surface area contributed by atoms with Crippen LogP contribution in [0.4, 0.5) is 11.4 Å². The smallest absolute Gasteiger partial charge is 0.255 e. The molecule has 6 heteroatoms. The van der Waals surface area contributed by atoms with Crippen LogP contribution in [-0.4, -0.2) is 18.4 Å². The number of aryl methyl sites for hydroxylation is 1. The average Bonchev–Trinajstić information content (AvgIpc) is 2.90. The molecule has 0 aromatic heterocycles. The van der Waals surface area contributed by atoms with Crippen molar-refractivity contribution in [2.24, 2.45) is 0 Å². The molecule has 0 aliphatic carbocycles. The fourth-order valence-corrected chi connectivity index (χ4v) is 4.68. The molecule has 1 atom stereocenters. The van der Waals surface area contributed by atoms with Crippen molar-refractivity contribution in [3.05, 3.63) is 120 Å². The van der Waals surface area contributed by atoms with E-state index in [0.29, 0.717) is 23.5 Å². The summed E-state index contributed by atoms with van der Waals surface area (Å²) >= 11 is 1.46. The summed E-state index contributed by atoms with van der Waals surface area (Å²) in [7, 11) is 0. The van der Waals surface area contributed by atoms with Crippen molar-refractivity contribution < 1.29 is 14.3 Å². The molecule has 0 aliphatic heterocycles. The molecule has 0 bridgehead atoms. The summed E-state index contributed by atoms with van der Waals surface area (Å²) in [5.41, 5.74) is 3.95. The molecule has 0 radical (unpaired) electrons. The number of anilines is 2. The molecule has 0 aliphatic rings. The summed E-state index contributed by atoms with van der Waals surface area (Å²) in [5, 5.41) is 5.49. The number of hydrogen-bond acceptors (Lipinski definition) is 4. The summed E-state index contributed by atoms with van der Waals surface area (Å²) in [6, 6.07) is 32.0. The minimum atomic E-state index is -0.453. The molecular formula is C30H28N2O3S. The Morgan fingerprint density at radius 1 is 0.806 bits per heavy atom. The van der Waals surface area contributed by atoms with Gasteiger partial charge in [0, 0.05) is 21.8 Å². The monoisotopic (exact) mass is 496 g/mol. The Morgan fingerprint density at radius 3 is 2.14 bits per heavy atom. The number of hydrogen-bond donors (Lipinski definition) is 2. The van der Waals surface area contributed by atoms with E-state index in [0.717, 1.165) is 21.8 Å². The second kappa shape index (κ2) is 12.1. The van der Waals surface area contributed by atoms with Crippen molar-refractivity contribution in [2.75, 3.05) is 17.2 Å². The SMILES string of the molecule is CCOc1ccc(NC(=O)C(Sc2ccc(NC(=O)c3cccc(C)c3)cc2)c2ccccc2)cc1. The quantitative estimate of drug-likeness (QED) is 0.242. The van der Waals surface area contributed by atoms with E-state index in [-0.39, 0.29) is 11.8 Å². The molecule has 2 amide bonds. The first kappa shape index (κ1) is 25.1. The zero-order valence-corrected chi connectivity index (χ0v) is 21.0. The Balaban J connectivity index is 1.46. The molecule has 0 saturated carbocycles. The van der Waals surface area contributed by atoms with Crippen LogP contribution in [0.15, 0.2) is 108 Å². The summed E-state index contributed by atoms with van der Waals surface area (Å²) < 4.78 is 5.48. The molecule has 5 nitrogen and oxygen atoms in total. The number of rotatable bonds is 9. The van der Waals surface area contributed by atoms with Crippen LogP contribution in [-0.2, 0) is 4.79 Å². The summed E-state index contributed by atoms with van der Waals surface area (Å²) in [6.07, 6.45) is 0. The highest BCUT2D eigenvalue weighted by molar-refractivity contribution is 8.00. The van der Waals surface area contributed by atoms with E-state index in [1.54, 1.807) is 6.07 Å². The number of carbonyl (C=O) groups is 2. The van der Waals surface area contributed by atoms with Crippen LogP contribution in [0.1, 0.15) is 33.7 Å². The van der Waals surface area contributed by atoms with Gasteiger partial charge in [0.15, 0.2) is 0 Å². The third-order valence-corrected chi connectivity index (χ3v) is 6.69. The first-order chi connectivity index (χ1) is 17.5. The zero-order valence-electron chi connectivity index (χ0n) is 20.2. The highest BCUT2D eigenvalue weighted by Crippen LogP contribution is 2.37. The van der Waals surface area contributed by atoms with Gasteiger partial charge in [-0.2, -0.15) is 0 Å². The van der Waals surface area contributed by atoms with E-state index >= 15 is 0 Å². The van der Waals surface area contributed by atoms with Gasteiger partial charge in [0.2, 0.25) is 5.91 Å². The molecule has 0 fully saturated rings. The van der Waals surface area contributed by atoms with Gasteiger partial charge in [-0.05, 0) is 80.1 Å². The van der Waals surface area contributed by atoms with Crippen molar-refractivity contribution >= 4 is 35.0 Å². The van der Waals surface area contributed by atoms with Crippen LogP contribution in [0.2, 0.25) is 0 Å². The highest BCUT2D eigenvalue weighted by atomic mass is 32.2. The van der Waals surface area contributed by atoms with E-state index < -0.39 is 5.25 Å². The molecule has 36 heavy (non-hydrogen) atoms. The molecular weight excluding hydrogens is 468 g/mol. The Kier molecular flexibility index (Phi) is 8.42. The lowest BCUT2D eigenvalue weighted by Crippen LogP contribution is -2.19. The van der Waals surface area contributed by atoms with Crippen LogP contribution in [0, 0.1) is 6.92 Å². The predicted molar refractivity (Wildman–Crippen MR) is 147 cm³/mol. The lowest BCUT2D eigenvalue weighted by Gasteiger charge is -2.17. The number of nitrogens with one attached hydrogen (secondary N) is 2. The fraction of sp³-hybridized carbons (Fsp3) is 0.133. The number of carbonyl (C=O) groups excluding carboxylic acids is 2. The average molecular weight is 497 g/mol.